The van der Waals surface area contributed by atoms with Crippen molar-refractivity contribution in [3.8, 4) is 16.8 Å². The number of nitrogens with one attached hydrogen (secondary N) is 1. The third kappa shape index (κ3) is 4.71. The molecule has 0 bridgehead atoms. The van der Waals surface area contributed by atoms with Crippen molar-refractivity contribution in [2.75, 3.05) is 0 Å². The van der Waals surface area contributed by atoms with Gasteiger partial charge in [0, 0.05) is 38.4 Å². The Bertz CT molecular complexity index is 2790. The molecule has 1 N–H and O–H groups in total. The summed E-state index contributed by atoms with van der Waals surface area (Å²) >= 11 is 0. The standard InChI is InChI=1S/C45H30N4O/c1-3-13-29(14-4-1)31-17-11-18-32(25-31)44-46-43(30-15-5-2-6-16-30)47-45(48-44)33-19-12-20-34(26-33)49-39-23-9-7-21-35(39)37-28-42-38(27-40(37)49)36-22-8-10-24-41(36)50-42/h1-28,43H,(H,46,47,48). The van der Waals surface area contributed by atoms with E-state index in [0.717, 1.165) is 77.7 Å². The van der Waals surface area contributed by atoms with Gasteiger partial charge in [0.25, 0.3) is 0 Å². The summed E-state index contributed by atoms with van der Waals surface area (Å²) in [4.78, 5) is 10.3. The molecule has 1 aliphatic heterocycles. The molecule has 1 unspecified atom stereocenters. The molecule has 0 fully saturated rings. The van der Waals surface area contributed by atoms with Crippen LogP contribution in [0.15, 0.2) is 184 Å². The molecule has 7 aromatic carbocycles. The molecule has 0 spiro atoms. The number of nitrogens with zero attached hydrogens (tertiary/aromatic N) is 3. The highest BCUT2D eigenvalue weighted by Gasteiger charge is 2.22. The van der Waals surface area contributed by atoms with Gasteiger partial charge in [-0.05, 0) is 59.2 Å². The number of fused-ring (bicyclic) bond motifs is 6. The molecule has 10 rings (SSSR count). The van der Waals surface area contributed by atoms with Crippen molar-refractivity contribution in [1.82, 2.24) is 9.88 Å². The van der Waals surface area contributed by atoms with Gasteiger partial charge in [0.05, 0.1) is 11.0 Å². The third-order valence-corrected chi connectivity index (χ3v) is 9.63. The number of para-hydroxylation sites is 2. The van der Waals surface area contributed by atoms with Crippen LogP contribution < -0.4 is 5.32 Å². The van der Waals surface area contributed by atoms with E-state index in [9.17, 15) is 0 Å². The van der Waals surface area contributed by atoms with Crippen molar-refractivity contribution < 1.29 is 4.42 Å². The number of amidine groups is 2. The van der Waals surface area contributed by atoms with Crippen molar-refractivity contribution in [3.63, 3.8) is 0 Å². The second-order valence-corrected chi connectivity index (χ2v) is 12.7. The molecule has 236 valence electrons. The van der Waals surface area contributed by atoms with E-state index in [1.54, 1.807) is 0 Å². The van der Waals surface area contributed by atoms with Crippen LogP contribution in [0.3, 0.4) is 0 Å². The van der Waals surface area contributed by atoms with Gasteiger partial charge in [-0.2, -0.15) is 0 Å². The third-order valence-electron chi connectivity index (χ3n) is 9.63. The average molecular weight is 643 g/mol. The zero-order chi connectivity index (χ0) is 33.0. The van der Waals surface area contributed by atoms with Gasteiger partial charge in [0.2, 0.25) is 0 Å². The molecular formula is C45H30N4O. The van der Waals surface area contributed by atoms with E-state index in [-0.39, 0.29) is 6.17 Å². The van der Waals surface area contributed by atoms with Gasteiger partial charge >= 0.3 is 0 Å². The fourth-order valence-corrected chi connectivity index (χ4v) is 7.26. The quantitative estimate of drug-likeness (QED) is 0.203. The monoisotopic (exact) mass is 642 g/mol. The molecule has 9 aromatic rings. The predicted octanol–water partition coefficient (Wildman–Crippen LogP) is 10.8. The van der Waals surface area contributed by atoms with Crippen LogP contribution in [0.5, 0.6) is 0 Å². The Balaban J connectivity index is 1.13. The minimum Gasteiger partial charge on any atom is -0.456 e. The predicted molar refractivity (Wildman–Crippen MR) is 205 cm³/mol. The smallest absolute Gasteiger partial charge is 0.159 e. The minimum atomic E-state index is -0.293. The molecule has 0 saturated carbocycles. The van der Waals surface area contributed by atoms with Crippen molar-refractivity contribution >= 4 is 55.4 Å². The molecule has 0 radical (unpaired) electrons. The Morgan fingerprint density at radius 2 is 1.18 bits per heavy atom. The Morgan fingerprint density at radius 1 is 0.480 bits per heavy atom. The first-order valence-electron chi connectivity index (χ1n) is 16.9. The van der Waals surface area contributed by atoms with Crippen LogP contribution in [-0.4, -0.2) is 16.2 Å². The maximum Gasteiger partial charge on any atom is 0.159 e. The van der Waals surface area contributed by atoms with Crippen LogP contribution in [0.25, 0.3) is 60.6 Å². The van der Waals surface area contributed by atoms with Gasteiger partial charge in [-0.15, -0.1) is 0 Å². The molecule has 0 amide bonds. The lowest BCUT2D eigenvalue weighted by atomic mass is 10.0. The maximum absolute atomic E-state index is 6.30. The van der Waals surface area contributed by atoms with E-state index in [1.807, 2.05) is 24.3 Å². The number of furan rings is 1. The van der Waals surface area contributed by atoms with E-state index in [2.05, 4.69) is 155 Å². The van der Waals surface area contributed by atoms with E-state index in [1.165, 1.54) is 5.39 Å². The summed E-state index contributed by atoms with van der Waals surface area (Å²) in [6.45, 7) is 0. The van der Waals surface area contributed by atoms with E-state index in [4.69, 9.17) is 14.4 Å². The van der Waals surface area contributed by atoms with Crippen LogP contribution in [0.2, 0.25) is 0 Å². The number of hydrogen-bond donors (Lipinski definition) is 1. The summed E-state index contributed by atoms with van der Waals surface area (Å²) < 4.78 is 8.66. The highest BCUT2D eigenvalue weighted by Crippen LogP contribution is 2.38. The van der Waals surface area contributed by atoms with E-state index >= 15 is 0 Å². The summed E-state index contributed by atoms with van der Waals surface area (Å²) in [5.74, 6) is 1.47. The van der Waals surface area contributed by atoms with Crippen molar-refractivity contribution in [3.05, 3.63) is 187 Å². The fraction of sp³-hybridized carbons (Fsp3) is 0.0222. The molecule has 50 heavy (non-hydrogen) atoms. The Hall–Kier alpha value is -6.72. The first kappa shape index (κ1) is 28.3. The Kier molecular flexibility index (Phi) is 6.49. The Labute approximate surface area is 288 Å². The number of hydrogen-bond acceptors (Lipinski definition) is 4. The second-order valence-electron chi connectivity index (χ2n) is 12.7. The second kappa shape index (κ2) is 11.5. The zero-order valence-electron chi connectivity index (χ0n) is 27.0. The van der Waals surface area contributed by atoms with Crippen LogP contribution in [-0.2, 0) is 0 Å². The summed E-state index contributed by atoms with van der Waals surface area (Å²) in [7, 11) is 0. The molecule has 5 heteroatoms. The molecule has 1 aliphatic rings. The van der Waals surface area contributed by atoms with Gasteiger partial charge in [-0.25, -0.2) is 9.98 Å². The zero-order valence-corrected chi connectivity index (χ0v) is 27.0. The number of aliphatic imine (C=N–C) groups is 2. The molecule has 1 atom stereocenters. The lowest BCUT2D eigenvalue weighted by molar-refractivity contribution is 0.669. The average Bonchev–Trinajstić information content (AvgIpc) is 3.72. The topological polar surface area (TPSA) is 54.8 Å². The Morgan fingerprint density at radius 3 is 2.06 bits per heavy atom. The maximum atomic E-state index is 6.30. The molecule has 5 nitrogen and oxygen atoms in total. The molecule has 0 aliphatic carbocycles. The van der Waals surface area contributed by atoms with Gasteiger partial charge in [0.1, 0.15) is 23.2 Å². The molecule has 2 aromatic heterocycles. The fourth-order valence-electron chi connectivity index (χ4n) is 7.26. The highest BCUT2D eigenvalue weighted by atomic mass is 16.3. The molecule has 3 heterocycles. The first-order chi connectivity index (χ1) is 24.8. The molecular weight excluding hydrogens is 613 g/mol. The first-order valence-corrected chi connectivity index (χ1v) is 16.9. The SMILES string of the molecule is c1ccc(-c2cccc(C3=NC(c4ccccc4)NC(c4cccc(-n5c6ccccc6c6cc7oc8ccccc8c7cc65)c4)=N3)c2)cc1. The summed E-state index contributed by atoms with van der Waals surface area (Å²) in [6.07, 6.45) is -0.293. The normalized spacial score (nSPS) is 14.6. The minimum absolute atomic E-state index is 0.293. The number of aromatic nitrogens is 1. The van der Waals surface area contributed by atoms with Gasteiger partial charge < -0.3 is 14.3 Å². The van der Waals surface area contributed by atoms with Crippen molar-refractivity contribution in [2.24, 2.45) is 9.98 Å². The van der Waals surface area contributed by atoms with Crippen molar-refractivity contribution in [1.29, 1.82) is 0 Å². The van der Waals surface area contributed by atoms with Crippen LogP contribution >= 0.6 is 0 Å². The van der Waals surface area contributed by atoms with E-state index in [0.29, 0.717) is 5.84 Å². The molecule has 0 saturated heterocycles. The summed E-state index contributed by atoms with van der Waals surface area (Å²) in [5.41, 5.74) is 10.4. The van der Waals surface area contributed by atoms with Crippen molar-refractivity contribution in [2.45, 2.75) is 6.17 Å². The summed E-state index contributed by atoms with van der Waals surface area (Å²) in [5, 5.41) is 8.22. The highest BCUT2D eigenvalue weighted by molar-refractivity contribution is 6.17. The lowest BCUT2D eigenvalue weighted by Crippen LogP contribution is -2.33. The summed E-state index contributed by atoms with van der Waals surface area (Å²) in [6, 6.07) is 59.2. The van der Waals surface area contributed by atoms with Gasteiger partial charge in [-0.3, -0.25) is 0 Å². The van der Waals surface area contributed by atoms with Gasteiger partial charge in [-0.1, -0.05) is 127 Å². The van der Waals surface area contributed by atoms with Crippen LogP contribution in [0, 0.1) is 0 Å². The van der Waals surface area contributed by atoms with E-state index < -0.39 is 0 Å². The lowest BCUT2D eigenvalue weighted by Gasteiger charge is -2.24. The number of benzene rings is 7. The van der Waals surface area contributed by atoms with Crippen LogP contribution in [0.1, 0.15) is 22.9 Å². The number of rotatable bonds is 5. The van der Waals surface area contributed by atoms with Crippen LogP contribution in [0.4, 0.5) is 0 Å². The van der Waals surface area contributed by atoms with Gasteiger partial charge in [0.15, 0.2) is 5.84 Å². The largest absolute Gasteiger partial charge is 0.456 e.